The molecule has 0 atom stereocenters. The van der Waals surface area contributed by atoms with E-state index in [0.29, 0.717) is 30.3 Å². The van der Waals surface area contributed by atoms with E-state index < -0.39 is 5.76 Å². The summed E-state index contributed by atoms with van der Waals surface area (Å²) in [5.74, 6) is 1.13. The lowest BCUT2D eigenvalue weighted by atomic mass is 9.98. The van der Waals surface area contributed by atoms with Crippen molar-refractivity contribution in [3.63, 3.8) is 0 Å². The second-order valence-electron chi connectivity index (χ2n) is 9.90. The molecule has 39 heavy (non-hydrogen) atoms. The van der Waals surface area contributed by atoms with Crippen molar-refractivity contribution < 1.29 is 4.52 Å². The summed E-state index contributed by atoms with van der Waals surface area (Å²) in [5.41, 5.74) is 5.07. The molecule has 10 heteroatoms. The average Bonchev–Trinajstić information content (AvgIpc) is 3.53. The Labute approximate surface area is 228 Å². The quantitative estimate of drug-likeness (QED) is 0.283. The third kappa shape index (κ3) is 5.24. The SMILES string of the molecule is CCCc1nc(C)c(Cc2nnc(C3CC3)s2)c(=O)n1Cc1ccc(-c2ccccc2-c2noc(=O)[nH]2)cc1. The maximum Gasteiger partial charge on any atom is 0.439 e. The first-order valence-corrected chi connectivity index (χ1v) is 14.0. The zero-order chi connectivity index (χ0) is 26.9. The summed E-state index contributed by atoms with van der Waals surface area (Å²) in [4.78, 5) is 32.7. The van der Waals surface area contributed by atoms with E-state index in [1.807, 2.05) is 55.5 Å². The van der Waals surface area contributed by atoms with E-state index >= 15 is 0 Å². The van der Waals surface area contributed by atoms with Crippen molar-refractivity contribution in [2.75, 3.05) is 0 Å². The third-order valence-electron chi connectivity index (χ3n) is 6.99. The van der Waals surface area contributed by atoms with Crippen LogP contribution in [0.5, 0.6) is 0 Å². The summed E-state index contributed by atoms with van der Waals surface area (Å²) in [5, 5.41) is 14.5. The molecule has 3 aromatic heterocycles. The van der Waals surface area contributed by atoms with Gasteiger partial charge in [-0.25, -0.2) is 9.78 Å². The number of aromatic nitrogens is 6. The minimum atomic E-state index is -0.593. The van der Waals surface area contributed by atoms with E-state index in [-0.39, 0.29) is 5.56 Å². The Morgan fingerprint density at radius 1 is 1.05 bits per heavy atom. The molecule has 1 aliphatic carbocycles. The number of hydrogen-bond acceptors (Lipinski definition) is 8. The summed E-state index contributed by atoms with van der Waals surface area (Å²) in [7, 11) is 0. The van der Waals surface area contributed by atoms with Gasteiger partial charge in [-0.05, 0) is 42.9 Å². The first kappa shape index (κ1) is 25.1. The molecule has 0 aliphatic heterocycles. The van der Waals surface area contributed by atoms with Gasteiger partial charge in [0.25, 0.3) is 5.56 Å². The van der Waals surface area contributed by atoms with Crippen molar-refractivity contribution in [2.45, 2.75) is 58.4 Å². The molecule has 3 heterocycles. The van der Waals surface area contributed by atoms with Gasteiger partial charge in [-0.3, -0.25) is 18.9 Å². The van der Waals surface area contributed by atoms with Gasteiger partial charge in [-0.15, -0.1) is 21.5 Å². The topological polar surface area (TPSA) is 120 Å². The standard InChI is InChI=1S/C29H28N6O3S/c1-3-6-24-30-17(2)23(15-25-32-33-27(39-25)20-13-14-20)28(36)35(24)16-18-9-11-19(12-10-18)21-7-4-5-8-22(21)26-31-29(37)38-34-26/h4-5,7-12,20H,3,6,13-16H2,1-2H3,(H,31,34,37). The van der Waals surface area contributed by atoms with E-state index in [2.05, 4.69) is 27.3 Å². The van der Waals surface area contributed by atoms with Crippen molar-refractivity contribution in [3.05, 3.63) is 102 Å². The molecule has 0 saturated heterocycles. The van der Waals surface area contributed by atoms with E-state index in [1.165, 1.54) is 12.8 Å². The Balaban J connectivity index is 1.30. The molecule has 1 N–H and O–H groups in total. The Morgan fingerprint density at radius 2 is 1.82 bits per heavy atom. The predicted molar refractivity (Wildman–Crippen MR) is 149 cm³/mol. The highest BCUT2D eigenvalue weighted by Gasteiger charge is 2.28. The average molecular weight is 541 g/mol. The monoisotopic (exact) mass is 540 g/mol. The minimum absolute atomic E-state index is 0.0152. The fourth-order valence-electron chi connectivity index (χ4n) is 4.78. The Morgan fingerprint density at radius 3 is 2.51 bits per heavy atom. The first-order chi connectivity index (χ1) is 19.0. The van der Waals surface area contributed by atoms with Crippen molar-refractivity contribution in [1.29, 1.82) is 0 Å². The fraction of sp³-hybridized carbons (Fsp3) is 0.310. The lowest BCUT2D eigenvalue weighted by molar-refractivity contribution is 0.388. The van der Waals surface area contributed by atoms with Crippen molar-refractivity contribution in [1.82, 2.24) is 29.9 Å². The second kappa shape index (κ2) is 10.5. The van der Waals surface area contributed by atoms with Crippen molar-refractivity contribution in [3.8, 4) is 22.5 Å². The molecule has 0 bridgehead atoms. The van der Waals surface area contributed by atoms with Gasteiger partial charge in [-0.2, -0.15) is 0 Å². The number of nitrogens with one attached hydrogen (secondary N) is 1. The van der Waals surface area contributed by atoms with Crippen LogP contribution in [0, 0.1) is 6.92 Å². The number of hydrogen-bond donors (Lipinski definition) is 1. The van der Waals surface area contributed by atoms with Crippen LogP contribution in [0.2, 0.25) is 0 Å². The molecule has 1 aliphatic rings. The van der Waals surface area contributed by atoms with Crippen molar-refractivity contribution in [2.24, 2.45) is 0 Å². The van der Waals surface area contributed by atoms with E-state index in [0.717, 1.165) is 56.6 Å². The van der Waals surface area contributed by atoms with Gasteiger partial charge in [-0.1, -0.05) is 60.6 Å². The van der Waals surface area contributed by atoms with Gasteiger partial charge in [0.2, 0.25) is 0 Å². The lowest BCUT2D eigenvalue weighted by Crippen LogP contribution is -2.30. The van der Waals surface area contributed by atoms with Gasteiger partial charge in [0.1, 0.15) is 15.8 Å². The normalized spacial score (nSPS) is 13.2. The maximum absolute atomic E-state index is 13.8. The Kier molecular flexibility index (Phi) is 6.78. The lowest BCUT2D eigenvalue weighted by Gasteiger charge is -2.16. The highest BCUT2D eigenvalue weighted by Crippen LogP contribution is 2.41. The van der Waals surface area contributed by atoms with Gasteiger partial charge in [0.15, 0.2) is 5.82 Å². The molecule has 1 saturated carbocycles. The minimum Gasteiger partial charge on any atom is -0.296 e. The molecule has 2 aromatic carbocycles. The summed E-state index contributed by atoms with van der Waals surface area (Å²) < 4.78 is 6.50. The van der Waals surface area contributed by atoms with Crippen LogP contribution in [0.25, 0.3) is 22.5 Å². The van der Waals surface area contributed by atoms with E-state index in [1.54, 1.807) is 15.9 Å². The largest absolute Gasteiger partial charge is 0.439 e. The molecule has 0 spiro atoms. The van der Waals surface area contributed by atoms with Gasteiger partial charge < -0.3 is 0 Å². The molecule has 6 rings (SSSR count). The summed E-state index contributed by atoms with van der Waals surface area (Å²) in [6.07, 6.45) is 4.43. The smallest absolute Gasteiger partial charge is 0.296 e. The second-order valence-corrected chi connectivity index (χ2v) is 11.0. The Bertz CT molecular complexity index is 1740. The van der Waals surface area contributed by atoms with E-state index in [9.17, 15) is 9.59 Å². The first-order valence-electron chi connectivity index (χ1n) is 13.2. The zero-order valence-electron chi connectivity index (χ0n) is 21.8. The number of aryl methyl sites for hydroxylation is 2. The molecular formula is C29H28N6O3S. The van der Waals surface area contributed by atoms with Crippen LogP contribution >= 0.6 is 11.3 Å². The zero-order valence-corrected chi connectivity index (χ0v) is 22.6. The molecule has 0 unspecified atom stereocenters. The number of rotatable bonds is 9. The van der Waals surface area contributed by atoms with Crippen molar-refractivity contribution >= 4 is 11.3 Å². The molecule has 9 nitrogen and oxygen atoms in total. The molecular weight excluding hydrogens is 512 g/mol. The number of benzene rings is 2. The third-order valence-corrected chi connectivity index (χ3v) is 8.07. The number of H-pyrrole nitrogens is 1. The van der Waals surface area contributed by atoms with Crippen LogP contribution in [0.3, 0.4) is 0 Å². The molecule has 0 radical (unpaired) electrons. The fourth-order valence-corrected chi connectivity index (χ4v) is 5.81. The Hall–Kier alpha value is -4.18. The van der Waals surface area contributed by atoms with Crippen LogP contribution < -0.4 is 11.3 Å². The van der Waals surface area contributed by atoms with Crippen LogP contribution in [-0.4, -0.2) is 29.9 Å². The number of aromatic amines is 1. The molecule has 1 fully saturated rings. The van der Waals surface area contributed by atoms with Crippen LogP contribution in [0.1, 0.15) is 64.8 Å². The molecule has 5 aromatic rings. The highest BCUT2D eigenvalue weighted by molar-refractivity contribution is 7.11. The van der Waals surface area contributed by atoms with E-state index in [4.69, 9.17) is 9.51 Å². The highest BCUT2D eigenvalue weighted by atomic mass is 32.1. The van der Waals surface area contributed by atoms with Gasteiger partial charge in [0, 0.05) is 35.6 Å². The molecule has 198 valence electrons. The summed E-state index contributed by atoms with van der Waals surface area (Å²) in [6.45, 7) is 4.43. The van der Waals surface area contributed by atoms with Crippen LogP contribution in [0.15, 0.2) is 62.6 Å². The predicted octanol–water partition coefficient (Wildman–Crippen LogP) is 4.88. The van der Waals surface area contributed by atoms with Gasteiger partial charge >= 0.3 is 5.76 Å². The summed E-state index contributed by atoms with van der Waals surface area (Å²) in [6, 6.07) is 15.8. The summed E-state index contributed by atoms with van der Waals surface area (Å²) >= 11 is 1.61. The van der Waals surface area contributed by atoms with Crippen LogP contribution in [-0.2, 0) is 19.4 Å². The number of nitrogens with zero attached hydrogens (tertiary/aromatic N) is 5. The van der Waals surface area contributed by atoms with Crippen LogP contribution in [0.4, 0.5) is 0 Å². The molecule has 0 amide bonds. The maximum atomic E-state index is 13.8. The van der Waals surface area contributed by atoms with Gasteiger partial charge in [0.05, 0.1) is 6.54 Å².